The van der Waals surface area contributed by atoms with Gasteiger partial charge < -0.3 is 28.4 Å². The molecule has 1 unspecified atom stereocenters. The molecule has 9 nitrogen and oxygen atoms in total. The van der Waals surface area contributed by atoms with Crippen molar-refractivity contribution in [3.63, 3.8) is 0 Å². The van der Waals surface area contributed by atoms with Crippen LogP contribution in [0.2, 0.25) is 0 Å². The summed E-state index contributed by atoms with van der Waals surface area (Å²) in [6.07, 6.45) is 0. The summed E-state index contributed by atoms with van der Waals surface area (Å²) in [4.78, 5) is 5.52. The van der Waals surface area contributed by atoms with Crippen molar-refractivity contribution in [3.05, 3.63) is 0 Å². The molecular formula is C15H39N6O3P3Y3. The van der Waals surface area contributed by atoms with Crippen molar-refractivity contribution >= 4 is 41.4 Å². The number of amidine groups is 3. The fraction of sp³-hybridized carbons (Fsp3) is 0.800. The molecule has 0 aromatic rings. The van der Waals surface area contributed by atoms with Gasteiger partial charge in [0.25, 0.3) is 0 Å². The molecule has 0 saturated heterocycles. The third kappa shape index (κ3) is 37.7. The smallest absolute Gasteiger partial charge is 0.177 e. The van der Waals surface area contributed by atoms with Gasteiger partial charge in [0.1, 0.15) is 17.5 Å². The summed E-state index contributed by atoms with van der Waals surface area (Å²) in [7, 11) is 6.23. The van der Waals surface area contributed by atoms with Gasteiger partial charge in [-0.05, 0) is 20.8 Å². The zero-order valence-corrected chi connectivity index (χ0v) is 32.2. The molecular weight excluding hydrogens is 672 g/mol. The van der Waals surface area contributed by atoms with Gasteiger partial charge >= 0.3 is 0 Å². The second kappa shape index (κ2) is 27.7. The first kappa shape index (κ1) is 45.8. The maximum atomic E-state index is 10.5. The van der Waals surface area contributed by atoms with E-state index in [0.29, 0.717) is 0 Å². The molecule has 3 radical (unpaired) electrons. The Morgan fingerprint density at radius 2 is 0.633 bits per heavy atom. The minimum atomic E-state index is -1.68. The molecule has 0 aromatic heterocycles. The van der Waals surface area contributed by atoms with Gasteiger partial charge in [-0.25, -0.2) is 14.3 Å². The van der Waals surface area contributed by atoms with E-state index in [1.807, 2.05) is 77.8 Å². The Balaban J connectivity index is -0.0000000686. The van der Waals surface area contributed by atoms with Crippen LogP contribution in [0.15, 0.2) is 14.3 Å². The molecule has 171 valence electrons. The second-order valence-corrected chi connectivity index (χ2v) is 10.0. The van der Waals surface area contributed by atoms with Gasteiger partial charge in [0.2, 0.25) is 0 Å². The van der Waals surface area contributed by atoms with E-state index in [2.05, 4.69) is 14.3 Å². The minimum Gasteiger partial charge on any atom is -0.366 e. The van der Waals surface area contributed by atoms with Crippen molar-refractivity contribution in [1.82, 2.24) is 14.7 Å². The van der Waals surface area contributed by atoms with Crippen LogP contribution in [0.1, 0.15) is 20.8 Å². The van der Waals surface area contributed by atoms with Crippen LogP contribution in [0.25, 0.3) is 0 Å². The molecule has 30 heavy (non-hydrogen) atoms. The van der Waals surface area contributed by atoms with Crippen LogP contribution < -0.4 is 0 Å². The van der Waals surface area contributed by atoms with Crippen LogP contribution >= 0.6 is 23.9 Å². The summed E-state index contributed by atoms with van der Waals surface area (Å²) in [5.41, 5.74) is 0. The monoisotopic (exact) mass is 711 g/mol. The van der Waals surface area contributed by atoms with E-state index in [1.54, 1.807) is 20.0 Å². The van der Waals surface area contributed by atoms with Crippen LogP contribution in [0.3, 0.4) is 0 Å². The summed E-state index contributed by atoms with van der Waals surface area (Å²) in [6.45, 7) is 10.4. The molecule has 0 aliphatic carbocycles. The maximum absolute atomic E-state index is 10.5. The molecule has 0 aliphatic heterocycles. The Morgan fingerprint density at radius 3 is 0.667 bits per heavy atom. The quantitative estimate of drug-likeness (QED) is 0.254. The minimum absolute atomic E-state index is 0. The number of hydrogen-bond donors (Lipinski definition) is 0. The standard InChI is InChI=1S/3C5H13N2OP.3Y/c3*1-5(7(2)3)6-9(4)8;;;/h3*9H,1-4H3;;;. The second-order valence-electron chi connectivity index (χ2n) is 6.22. The van der Waals surface area contributed by atoms with Gasteiger partial charge in [-0.3, -0.25) is 0 Å². The first-order valence-electron chi connectivity index (χ1n) is 8.31. The Kier molecular flexibility index (Phi) is 42.3. The molecule has 15 heteroatoms. The Bertz CT molecular complexity index is 521. The Morgan fingerprint density at radius 1 is 0.500 bits per heavy atom. The van der Waals surface area contributed by atoms with Gasteiger partial charge in [-0.2, -0.15) is 0 Å². The van der Waals surface area contributed by atoms with Crippen molar-refractivity contribution in [1.29, 1.82) is 0 Å². The molecule has 0 bridgehead atoms. The van der Waals surface area contributed by atoms with Crippen LogP contribution in [0.5, 0.6) is 0 Å². The molecule has 3 atom stereocenters. The fourth-order valence-electron chi connectivity index (χ4n) is 0.984. The SMILES string of the molecule is CC(=N[P@@H](C)=O)N(C)C.CC(=N[P@H](C)=O)N(C)C.CC(=N[PH](C)=O)N(C)C.[Y].[Y].[Y]. The van der Waals surface area contributed by atoms with Crippen LogP contribution in [0, 0.1) is 0 Å². The summed E-state index contributed by atoms with van der Waals surface area (Å²) < 4.78 is 43.2. The van der Waals surface area contributed by atoms with Crippen molar-refractivity contribution in [2.75, 3.05) is 62.3 Å². The molecule has 0 rings (SSSR count). The van der Waals surface area contributed by atoms with E-state index < -0.39 is 23.9 Å². The van der Waals surface area contributed by atoms with Crippen LogP contribution in [0.4, 0.5) is 0 Å². The molecule has 0 heterocycles. The number of rotatable bonds is 3. The summed E-state index contributed by atoms with van der Waals surface area (Å²) in [5.74, 6) is 2.46. The van der Waals surface area contributed by atoms with E-state index in [4.69, 9.17) is 0 Å². The number of nitrogens with zero attached hydrogens (tertiary/aromatic N) is 6. The van der Waals surface area contributed by atoms with Gasteiger partial charge in [0.15, 0.2) is 23.9 Å². The summed E-state index contributed by atoms with van der Waals surface area (Å²) >= 11 is 0. The predicted octanol–water partition coefficient (Wildman–Crippen LogP) is 3.21. The largest absolute Gasteiger partial charge is 0.366 e. The predicted molar refractivity (Wildman–Crippen MR) is 125 cm³/mol. The van der Waals surface area contributed by atoms with Crippen molar-refractivity contribution in [2.24, 2.45) is 14.3 Å². The van der Waals surface area contributed by atoms with Gasteiger partial charge in [0, 0.05) is 160 Å². The first-order valence-corrected chi connectivity index (χ1v) is 13.9. The average molecular weight is 711 g/mol. The van der Waals surface area contributed by atoms with Crippen LogP contribution in [-0.2, 0) is 112 Å². The van der Waals surface area contributed by atoms with E-state index in [1.165, 1.54) is 0 Å². The Hall–Kier alpha value is 2.41. The van der Waals surface area contributed by atoms with E-state index >= 15 is 0 Å². The molecule has 0 aromatic carbocycles. The molecule has 0 spiro atoms. The molecule has 0 amide bonds. The molecule has 0 N–H and O–H groups in total. The first-order chi connectivity index (χ1) is 12.1. The normalized spacial score (nSPS) is 13.8. The third-order valence-electron chi connectivity index (χ3n) is 2.90. The van der Waals surface area contributed by atoms with E-state index in [9.17, 15) is 13.7 Å². The molecule has 0 fully saturated rings. The van der Waals surface area contributed by atoms with Gasteiger partial charge in [-0.1, -0.05) is 0 Å². The summed E-state index contributed by atoms with van der Waals surface area (Å²) in [6, 6.07) is 0. The zero-order chi connectivity index (χ0) is 22.3. The zero-order valence-electron chi connectivity index (χ0n) is 20.6. The van der Waals surface area contributed by atoms with Crippen molar-refractivity contribution in [3.8, 4) is 0 Å². The van der Waals surface area contributed by atoms with Crippen LogP contribution in [-0.4, -0.2) is 94.5 Å². The van der Waals surface area contributed by atoms with Crippen molar-refractivity contribution in [2.45, 2.75) is 20.8 Å². The van der Waals surface area contributed by atoms with E-state index in [-0.39, 0.29) is 98.1 Å². The van der Waals surface area contributed by atoms with Gasteiger partial charge in [-0.15, -0.1) is 0 Å². The molecule has 0 saturated carbocycles. The molecule has 0 aliphatic rings. The third-order valence-corrected chi connectivity index (χ3v) is 4.81. The fourth-order valence-corrected chi connectivity index (χ4v) is 2.95. The maximum Gasteiger partial charge on any atom is 0.177 e. The van der Waals surface area contributed by atoms with Gasteiger partial charge in [0.05, 0.1) is 0 Å². The summed E-state index contributed by atoms with van der Waals surface area (Å²) in [5, 5.41) is 0. The van der Waals surface area contributed by atoms with E-state index in [0.717, 1.165) is 17.5 Å². The average Bonchev–Trinajstić information content (AvgIpc) is 2.46. The Labute approximate surface area is 261 Å². The number of hydrogen-bond acceptors (Lipinski definition) is 3. The van der Waals surface area contributed by atoms with Crippen molar-refractivity contribution < 1.29 is 112 Å². The topological polar surface area (TPSA) is 98.0 Å².